The van der Waals surface area contributed by atoms with Gasteiger partial charge in [-0.2, -0.15) is 5.10 Å². The number of amides is 1. The summed E-state index contributed by atoms with van der Waals surface area (Å²) in [5.74, 6) is 0.709. The van der Waals surface area contributed by atoms with Gasteiger partial charge in [0.05, 0.1) is 11.6 Å². The smallest absolute Gasteiger partial charge is 0.292 e. The van der Waals surface area contributed by atoms with E-state index in [1.54, 1.807) is 59.4 Å². The van der Waals surface area contributed by atoms with E-state index in [-0.39, 0.29) is 24.7 Å². The van der Waals surface area contributed by atoms with Crippen LogP contribution in [-0.4, -0.2) is 15.7 Å². The number of anilines is 1. The molecule has 0 atom stereocenters. The summed E-state index contributed by atoms with van der Waals surface area (Å²) in [6, 6.07) is 18.4. The molecule has 8 heteroatoms. The molecule has 2 heterocycles. The van der Waals surface area contributed by atoms with Crippen molar-refractivity contribution < 1.29 is 18.3 Å². The van der Waals surface area contributed by atoms with Crippen molar-refractivity contribution in [1.29, 1.82) is 0 Å². The van der Waals surface area contributed by atoms with Crippen LogP contribution in [0.3, 0.4) is 0 Å². The Morgan fingerprint density at radius 2 is 1.90 bits per heavy atom. The molecule has 0 radical (unpaired) electrons. The van der Waals surface area contributed by atoms with Crippen molar-refractivity contribution >= 4 is 23.3 Å². The normalized spacial score (nSPS) is 10.7. The molecule has 0 aliphatic rings. The van der Waals surface area contributed by atoms with Gasteiger partial charge in [0.15, 0.2) is 11.6 Å². The quantitative estimate of drug-likeness (QED) is 0.444. The molecule has 152 valence electrons. The lowest BCUT2D eigenvalue weighted by molar-refractivity contribution is 0.0992. The highest BCUT2D eigenvalue weighted by molar-refractivity contribution is 6.32. The lowest BCUT2D eigenvalue weighted by Crippen LogP contribution is -2.12. The highest BCUT2D eigenvalue weighted by Crippen LogP contribution is 2.24. The predicted octanol–water partition coefficient (Wildman–Crippen LogP) is 5.15. The second-order valence-electron chi connectivity index (χ2n) is 6.43. The van der Waals surface area contributed by atoms with Crippen LogP contribution in [0.2, 0.25) is 5.02 Å². The number of para-hydroxylation sites is 1. The first-order valence-electron chi connectivity index (χ1n) is 9.13. The molecule has 4 aromatic rings. The predicted molar refractivity (Wildman–Crippen MR) is 110 cm³/mol. The number of hydrogen-bond acceptors (Lipinski definition) is 4. The molecule has 6 nitrogen and oxygen atoms in total. The number of rotatable bonds is 7. The third kappa shape index (κ3) is 4.69. The van der Waals surface area contributed by atoms with Crippen molar-refractivity contribution in [3.05, 3.63) is 101 Å². The van der Waals surface area contributed by atoms with Gasteiger partial charge < -0.3 is 14.5 Å². The Labute approximate surface area is 176 Å². The molecular formula is C22H17ClFN3O3. The molecule has 1 N–H and O–H groups in total. The molecule has 0 saturated heterocycles. The topological polar surface area (TPSA) is 69.3 Å². The summed E-state index contributed by atoms with van der Waals surface area (Å²) in [6.45, 7) is 0.390. The van der Waals surface area contributed by atoms with Gasteiger partial charge in [0.1, 0.15) is 23.9 Å². The van der Waals surface area contributed by atoms with Crippen LogP contribution in [0.1, 0.15) is 21.9 Å². The average Bonchev–Trinajstić information content (AvgIpc) is 3.39. The van der Waals surface area contributed by atoms with E-state index in [1.807, 2.05) is 12.1 Å². The van der Waals surface area contributed by atoms with Gasteiger partial charge in [-0.1, -0.05) is 41.9 Å². The monoisotopic (exact) mass is 425 g/mol. The number of furan rings is 1. The van der Waals surface area contributed by atoms with Crippen LogP contribution in [0.4, 0.5) is 10.2 Å². The number of carbonyl (C=O) groups excluding carboxylic acids is 1. The maximum atomic E-state index is 13.8. The summed E-state index contributed by atoms with van der Waals surface area (Å²) < 4.78 is 26.4. The maximum Gasteiger partial charge on any atom is 0.292 e. The van der Waals surface area contributed by atoms with Gasteiger partial charge in [-0.05, 0) is 30.3 Å². The van der Waals surface area contributed by atoms with E-state index >= 15 is 0 Å². The Bertz CT molecular complexity index is 1170. The van der Waals surface area contributed by atoms with E-state index in [2.05, 4.69) is 10.4 Å². The van der Waals surface area contributed by atoms with E-state index in [9.17, 15) is 9.18 Å². The highest BCUT2D eigenvalue weighted by Gasteiger charge is 2.14. The summed E-state index contributed by atoms with van der Waals surface area (Å²) in [5, 5.41) is 7.39. The van der Waals surface area contributed by atoms with Gasteiger partial charge in [0.2, 0.25) is 0 Å². The number of carbonyl (C=O) groups is 1. The van der Waals surface area contributed by atoms with E-state index in [0.717, 1.165) is 0 Å². The molecule has 0 bridgehead atoms. The summed E-state index contributed by atoms with van der Waals surface area (Å²) in [7, 11) is 0. The lowest BCUT2D eigenvalue weighted by Gasteiger charge is -2.05. The molecule has 0 unspecified atom stereocenters. The fraction of sp³-hybridized carbons (Fsp3) is 0.0909. The van der Waals surface area contributed by atoms with Crippen molar-refractivity contribution in [3.63, 3.8) is 0 Å². The first kappa shape index (κ1) is 19.7. The number of halogens is 2. The van der Waals surface area contributed by atoms with Gasteiger partial charge >= 0.3 is 0 Å². The van der Waals surface area contributed by atoms with Gasteiger partial charge in [0.25, 0.3) is 5.91 Å². The van der Waals surface area contributed by atoms with Gasteiger partial charge in [-0.3, -0.25) is 9.48 Å². The van der Waals surface area contributed by atoms with Crippen LogP contribution in [0, 0.1) is 5.82 Å². The molecule has 2 aromatic heterocycles. The number of benzene rings is 2. The van der Waals surface area contributed by atoms with E-state index in [4.69, 9.17) is 20.8 Å². The zero-order valence-corrected chi connectivity index (χ0v) is 16.5. The fourth-order valence-corrected chi connectivity index (χ4v) is 2.97. The van der Waals surface area contributed by atoms with Crippen molar-refractivity contribution in [2.75, 3.05) is 5.32 Å². The Morgan fingerprint density at radius 3 is 2.73 bits per heavy atom. The Morgan fingerprint density at radius 1 is 1.10 bits per heavy atom. The lowest BCUT2D eigenvalue weighted by atomic mass is 10.2. The van der Waals surface area contributed by atoms with Crippen molar-refractivity contribution in [3.8, 4) is 5.75 Å². The minimum atomic E-state index is -0.449. The van der Waals surface area contributed by atoms with Gasteiger partial charge in [-0.25, -0.2) is 4.39 Å². The Balaban J connectivity index is 1.35. The fourth-order valence-electron chi connectivity index (χ4n) is 2.78. The van der Waals surface area contributed by atoms with Crippen LogP contribution in [0.5, 0.6) is 5.75 Å². The summed E-state index contributed by atoms with van der Waals surface area (Å²) >= 11 is 6.05. The summed E-state index contributed by atoms with van der Waals surface area (Å²) in [4.78, 5) is 12.4. The molecule has 0 aliphatic carbocycles. The second-order valence-corrected chi connectivity index (χ2v) is 6.84. The maximum absolute atomic E-state index is 13.8. The minimum Gasteiger partial charge on any atom is -0.484 e. The number of nitrogens with one attached hydrogen (secondary N) is 1. The number of ether oxygens (including phenoxy) is 1. The van der Waals surface area contributed by atoms with E-state index in [0.29, 0.717) is 27.9 Å². The molecule has 0 spiro atoms. The van der Waals surface area contributed by atoms with Gasteiger partial charge in [-0.15, -0.1) is 0 Å². The molecular weight excluding hydrogens is 409 g/mol. The van der Waals surface area contributed by atoms with Gasteiger partial charge in [0, 0.05) is 17.8 Å². The molecule has 0 saturated carbocycles. The second kappa shape index (κ2) is 8.84. The molecule has 0 aliphatic heterocycles. The molecule has 1 amide bonds. The third-order valence-corrected chi connectivity index (χ3v) is 4.58. The van der Waals surface area contributed by atoms with E-state index < -0.39 is 5.91 Å². The summed E-state index contributed by atoms with van der Waals surface area (Å²) in [6.07, 6.45) is 1.66. The number of aromatic nitrogens is 2. The third-order valence-electron chi connectivity index (χ3n) is 4.26. The van der Waals surface area contributed by atoms with E-state index in [1.165, 1.54) is 6.07 Å². The summed E-state index contributed by atoms with van der Waals surface area (Å²) in [5.41, 5.74) is 0.507. The molecule has 30 heavy (non-hydrogen) atoms. The number of nitrogens with zero attached hydrogens (tertiary/aromatic N) is 2. The number of hydrogen-bond donors (Lipinski definition) is 1. The first-order chi connectivity index (χ1) is 14.6. The standard InChI is InChI=1S/C22H17ClFN3O3/c23-17-6-2-4-8-19(17)29-14-16-9-10-20(30-16)22(28)25-21-11-12-27(26-21)13-15-5-1-3-7-18(15)24/h1-12H,13-14H2,(H,25,26,28). The van der Waals surface area contributed by atoms with Crippen LogP contribution < -0.4 is 10.1 Å². The van der Waals surface area contributed by atoms with Crippen molar-refractivity contribution in [2.24, 2.45) is 0 Å². The molecule has 0 fully saturated rings. The van der Waals surface area contributed by atoms with Crippen LogP contribution >= 0.6 is 11.6 Å². The van der Waals surface area contributed by atoms with Crippen LogP contribution in [-0.2, 0) is 13.2 Å². The molecule has 2 aromatic carbocycles. The largest absolute Gasteiger partial charge is 0.484 e. The first-order valence-corrected chi connectivity index (χ1v) is 9.50. The molecule has 4 rings (SSSR count). The highest BCUT2D eigenvalue weighted by atomic mass is 35.5. The zero-order valence-electron chi connectivity index (χ0n) is 15.7. The van der Waals surface area contributed by atoms with Crippen molar-refractivity contribution in [1.82, 2.24) is 9.78 Å². The Kier molecular flexibility index (Phi) is 5.81. The van der Waals surface area contributed by atoms with Crippen LogP contribution in [0.15, 0.2) is 77.3 Å². The van der Waals surface area contributed by atoms with Crippen LogP contribution in [0.25, 0.3) is 0 Å². The van der Waals surface area contributed by atoms with Crippen molar-refractivity contribution in [2.45, 2.75) is 13.2 Å². The average molecular weight is 426 g/mol. The minimum absolute atomic E-state index is 0.122. The SMILES string of the molecule is O=C(Nc1ccn(Cc2ccccc2F)n1)c1ccc(COc2ccccc2Cl)o1. The zero-order chi connectivity index (χ0) is 20.9. The Hall–Kier alpha value is -3.58.